The number of carbonyl (C=O) groups is 1. The SMILES string of the molecule is CC(C)(C)NC(=O)N1CCCC1(C)C. The van der Waals surface area contributed by atoms with Gasteiger partial charge in [-0.25, -0.2) is 4.79 Å². The van der Waals surface area contributed by atoms with Gasteiger partial charge >= 0.3 is 6.03 Å². The highest BCUT2D eigenvalue weighted by Crippen LogP contribution is 2.28. The predicted molar refractivity (Wildman–Crippen MR) is 58.3 cm³/mol. The fourth-order valence-electron chi connectivity index (χ4n) is 1.87. The average molecular weight is 198 g/mol. The van der Waals surface area contributed by atoms with Gasteiger partial charge in [0.05, 0.1) is 0 Å². The second kappa shape index (κ2) is 3.44. The molecule has 0 spiro atoms. The van der Waals surface area contributed by atoms with Crippen molar-refractivity contribution in [2.24, 2.45) is 0 Å². The third-order valence-corrected chi connectivity index (χ3v) is 2.63. The van der Waals surface area contributed by atoms with Gasteiger partial charge in [-0.2, -0.15) is 0 Å². The number of likely N-dealkylation sites (tertiary alicyclic amines) is 1. The summed E-state index contributed by atoms with van der Waals surface area (Å²) in [7, 11) is 0. The number of rotatable bonds is 0. The van der Waals surface area contributed by atoms with Crippen LogP contribution in [0.5, 0.6) is 0 Å². The number of hydrogen-bond donors (Lipinski definition) is 1. The molecule has 3 heteroatoms. The van der Waals surface area contributed by atoms with Crippen LogP contribution in [0.3, 0.4) is 0 Å². The smallest absolute Gasteiger partial charge is 0.318 e. The van der Waals surface area contributed by atoms with Crippen LogP contribution in [0.25, 0.3) is 0 Å². The van der Waals surface area contributed by atoms with E-state index in [-0.39, 0.29) is 17.1 Å². The molecule has 0 aromatic heterocycles. The van der Waals surface area contributed by atoms with Crippen molar-refractivity contribution >= 4 is 6.03 Å². The van der Waals surface area contributed by atoms with Gasteiger partial charge in [-0.3, -0.25) is 0 Å². The van der Waals surface area contributed by atoms with Gasteiger partial charge < -0.3 is 10.2 Å². The summed E-state index contributed by atoms with van der Waals surface area (Å²) in [5, 5.41) is 3.00. The molecule has 0 radical (unpaired) electrons. The molecule has 0 unspecified atom stereocenters. The Hall–Kier alpha value is -0.730. The highest BCUT2D eigenvalue weighted by atomic mass is 16.2. The van der Waals surface area contributed by atoms with Crippen molar-refractivity contribution < 1.29 is 4.79 Å². The minimum absolute atomic E-state index is 0.0231. The summed E-state index contributed by atoms with van der Waals surface area (Å²) in [5.74, 6) is 0. The van der Waals surface area contributed by atoms with E-state index < -0.39 is 0 Å². The van der Waals surface area contributed by atoms with E-state index >= 15 is 0 Å². The average Bonchev–Trinajstić information content (AvgIpc) is 2.25. The monoisotopic (exact) mass is 198 g/mol. The molecule has 0 bridgehead atoms. The molecular weight excluding hydrogens is 176 g/mol. The molecule has 0 atom stereocenters. The molecule has 1 aliphatic rings. The summed E-state index contributed by atoms with van der Waals surface area (Å²) in [5.41, 5.74) is -0.120. The number of urea groups is 1. The van der Waals surface area contributed by atoms with Crippen molar-refractivity contribution in [2.45, 2.75) is 58.5 Å². The van der Waals surface area contributed by atoms with Crippen LogP contribution in [0, 0.1) is 0 Å². The lowest BCUT2D eigenvalue weighted by Gasteiger charge is -2.34. The normalized spacial score (nSPS) is 21.1. The second-order valence-corrected chi connectivity index (χ2v) is 5.75. The van der Waals surface area contributed by atoms with Gasteiger partial charge in [-0.15, -0.1) is 0 Å². The first-order valence-electron chi connectivity index (χ1n) is 5.32. The van der Waals surface area contributed by atoms with Crippen LogP contribution in [0.1, 0.15) is 47.5 Å². The largest absolute Gasteiger partial charge is 0.333 e. The summed E-state index contributed by atoms with van der Waals surface area (Å²) in [6.45, 7) is 11.2. The van der Waals surface area contributed by atoms with Gasteiger partial charge in [0.15, 0.2) is 0 Å². The van der Waals surface area contributed by atoms with E-state index in [1.165, 1.54) is 0 Å². The number of nitrogens with zero attached hydrogens (tertiary/aromatic N) is 1. The minimum Gasteiger partial charge on any atom is -0.333 e. The van der Waals surface area contributed by atoms with Gasteiger partial charge in [0.1, 0.15) is 0 Å². The van der Waals surface area contributed by atoms with Crippen LogP contribution < -0.4 is 5.32 Å². The lowest BCUT2D eigenvalue weighted by atomic mass is 10.0. The second-order valence-electron chi connectivity index (χ2n) is 5.75. The van der Waals surface area contributed by atoms with Gasteiger partial charge in [0.2, 0.25) is 0 Å². The zero-order valence-corrected chi connectivity index (χ0v) is 9.98. The van der Waals surface area contributed by atoms with Crippen LogP contribution in [0.15, 0.2) is 0 Å². The van der Waals surface area contributed by atoms with E-state index in [9.17, 15) is 4.79 Å². The van der Waals surface area contributed by atoms with Crippen molar-refractivity contribution in [1.82, 2.24) is 10.2 Å². The molecule has 0 saturated carbocycles. The first kappa shape index (κ1) is 11.3. The maximum Gasteiger partial charge on any atom is 0.318 e. The molecule has 0 aromatic rings. The van der Waals surface area contributed by atoms with Gasteiger partial charge in [0, 0.05) is 17.6 Å². The van der Waals surface area contributed by atoms with Gasteiger partial charge in [-0.1, -0.05) is 0 Å². The molecule has 1 heterocycles. The fourth-order valence-corrected chi connectivity index (χ4v) is 1.87. The summed E-state index contributed by atoms with van der Waals surface area (Å²) in [6, 6.07) is 0.0694. The Morgan fingerprint density at radius 2 is 1.93 bits per heavy atom. The van der Waals surface area contributed by atoms with Gasteiger partial charge in [-0.05, 0) is 47.5 Å². The molecule has 1 fully saturated rings. The Labute approximate surface area is 86.9 Å². The number of nitrogens with one attached hydrogen (secondary N) is 1. The van der Waals surface area contributed by atoms with Crippen molar-refractivity contribution in [3.05, 3.63) is 0 Å². The molecule has 1 rings (SSSR count). The highest BCUT2D eigenvalue weighted by Gasteiger charge is 2.36. The molecule has 2 amide bonds. The molecule has 0 aliphatic carbocycles. The molecule has 1 aliphatic heterocycles. The zero-order chi connectivity index (χ0) is 11.0. The molecule has 1 saturated heterocycles. The quantitative estimate of drug-likeness (QED) is 0.636. The molecule has 82 valence electrons. The summed E-state index contributed by atoms with van der Waals surface area (Å²) < 4.78 is 0. The molecule has 3 nitrogen and oxygen atoms in total. The number of carbonyl (C=O) groups excluding carboxylic acids is 1. The lowest BCUT2D eigenvalue weighted by molar-refractivity contribution is 0.157. The van der Waals surface area contributed by atoms with E-state index in [2.05, 4.69) is 19.2 Å². The summed E-state index contributed by atoms with van der Waals surface area (Å²) in [4.78, 5) is 13.8. The zero-order valence-electron chi connectivity index (χ0n) is 9.98. The van der Waals surface area contributed by atoms with Crippen LogP contribution >= 0.6 is 0 Å². The highest BCUT2D eigenvalue weighted by molar-refractivity contribution is 5.76. The topological polar surface area (TPSA) is 32.3 Å². The van der Waals surface area contributed by atoms with Crippen LogP contribution in [-0.2, 0) is 0 Å². The molecular formula is C11H22N2O. The Kier molecular flexibility index (Phi) is 2.79. The minimum atomic E-state index is -0.143. The Bertz CT molecular complexity index is 228. The Morgan fingerprint density at radius 3 is 2.29 bits per heavy atom. The molecule has 0 aromatic carbocycles. The van der Waals surface area contributed by atoms with E-state index in [1.807, 2.05) is 25.7 Å². The number of amides is 2. The van der Waals surface area contributed by atoms with Crippen molar-refractivity contribution in [3.63, 3.8) is 0 Å². The third kappa shape index (κ3) is 2.63. The van der Waals surface area contributed by atoms with E-state index in [1.54, 1.807) is 0 Å². The van der Waals surface area contributed by atoms with E-state index in [0.717, 1.165) is 19.4 Å². The maximum absolute atomic E-state index is 11.9. The maximum atomic E-state index is 11.9. The van der Waals surface area contributed by atoms with Crippen molar-refractivity contribution in [2.75, 3.05) is 6.54 Å². The first-order valence-corrected chi connectivity index (χ1v) is 5.32. The van der Waals surface area contributed by atoms with Crippen molar-refractivity contribution in [3.8, 4) is 0 Å². The molecule has 14 heavy (non-hydrogen) atoms. The van der Waals surface area contributed by atoms with Crippen LogP contribution in [-0.4, -0.2) is 28.6 Å². The third-order valence-electron chi connectivity index (χ3n) is 2.63. The Morgan fingerprint density at radius 1 is 1.36 bits per heavy atom. The van der Waals surface area contributed by atoms with Crippen molar-refractivity contribution in [1.29, 1.82) is 0 Å². The van der Waals surface area contributed by atoms with Crippen LogP contribution in [0.4, 0.5) is 4.79 Å². The standard InChI is InChI=1S/C11H22N2O/c1-10(2,3)12-9(14)13-8-6-7-11(13,4)5/h6-8H2,1-5H3,(H,12,14). The Balaban J connectivity index is 2.62. The predicted octanol–water partition coefficient (Wildman–Crippen LogP) is 2.37. The van der Waals surface area contributed by atoms with E-state index in [4.69, 9.17) is 0 Å². The molecule has 1 N–H and O–H groups in total. The van der Waals surface area contributed by atoms with Gasteiger partial charge in [0.25, 0.3) is 0 Å². The summed E-state index contributed by atoms with van der Waals surface area (Å²) in [6.07, 6.45) is 2.22. The first-order chi connectivity index (χ1) is 6.22. The van der Waals surface area contributed by atoms with Crippen LogP contribution in [0.2, 0.25) is 0 Å². The number of hydrogen-bond acceptors (Lipinski definition) is 1. The lowest BCUT2D eigenvalue weighted by Crippen LogP contribution is -2.53. The summed E-state index contributed by atoms with van der Waals surface area (Å²) >= 11 is 0. The van der Waals surface area contributed by atoms with E-state index in [0.29, 0.717) is 0 Å². The fraction of sp³-hybridized carbons (Fsp3) is 0.909.